The molecule has 1 aliphatic heterocycles. The van der Waals surface area contributed by atoms with Gasteiger partial charge in [-0.15, -0.1) is 11.3 Å². The Morgan fingerprint density at radius 1 is 1.33 bits per heavy atom. The summed E-state index contributed by atoms with van der Waals surface area (Å²) in [5.41, 5.74) is 0. The lowest BCUT2D eigenvalue weighted by molar-refractivity contribution is -0.132. The van der Waals surface area contributed by atoms with E-state index in [1.165, 1.54) is 19.2 Å². The van der Waals surface area contributed by atoms with Crippen LogP contribution in [0, 0.1) is 0 Å². The number of rotatable bonds is 4. The molecule has 0 unspecified atom stereocenters. The maximum Gasteiger partial charge on any atom is 0.252 e. The second kappa shape index (κ2) is 6.62. The average Bonchev–Trinajstić information content (AvgIpc) is 2.86. The number of hydrogen-bond donors (Lipinski definition) is 0. The minimum Gasteiger partial charge on any atom is -0.339 e. The smallest absolute Gasteiger partial charge is 0.252 e. The summed E-state index contributed by atoms with van der Waals surface area (Å²) in [5.74, 6) is -0.170. The first-order valence-electron chi connectivity index (χ1n) is 6.48. The van der Waals surface area contributed by atoms with Crippen molar-refractivity contribution in [2.75, 3.05) is 46.8 Å². The van der Waals surface area contributed by atoms with Crippen molar-refractivity contribution in [3.63, 3.8) is 0 Å². The summed E-state index contributed by atoms with van der Waals surface area (Å²) < 4.78 is 26.3. The van der Waals surface area contributed by atoms with Gasteiger partial charge >= 0.3 is 0 Å². The van der Waals surface area contributed by atoms with E-state index in [2.05, 4.69) is 4.90 Å². The molecule has 1 amide bonds. The van der Waals surface area contributed by atoms with Gasteiger partial charge in [-0.05, 0) is 19.2 Å². The van der Waals surface area contributed by atoms with E-state index in [4.69, 9.17) is 11.6 Å². The summed E-state index contributed by atoms with van der Waals surface area (Å²) in [4.78, 5) is 16.0. The number of nitrogens with zero attached hydrogens (tertiary/aromatic N) is 3. The van der Waals surface area contributed by atoms with E-state index in [1.807, 2.05) is 7.05 Å². The van der Waals surface area contributed by atoms with Gasteiger partial charge in [0, 0.05) is 33.2 Å². The molecule has 0 atom stereocenters. The van der Waals surface area contributed by atoms with Crippen LogP contribution in [0.25, 0.3) is 0 Å². The van der Waals surface area contributed by atoms with Crippen molar-refractivity contribution in [1.82, 2.24) is 14.1 Å². The van der Waals surface area contributed by atoms with E-state index in [1.54, 1.807) is 4.90 Å². The van der Waals surface area contributed by atoms with E-state index >= 15 is 0 Å². The summed E-state index contributed by atoms with van der Waals surface area (Å²) in [7, 11) is -0.241. The van der Waals surface area contributed by atoms with Crippen molar-refractivity contribution in [3.05, 3.63) is 16.5 Å². The molecule has 9 heteroatoms. The predicted molar refractivity (Wildman–Crippen MR) is 83.2 cm³/mol. The van der Waals surface area contributed by atoms with Crippen molar-refractivity contribution in [1.29, 1.82) is 0 Å². The molecule has 0 N–H and O–H groups in total. The molecule has 1 aromatic heterocycles. The summed E-state index contributed by atoms with van der Waals surface area (Å²) >= 11 is 6.76. The van der Waals surface area contributed by atoms with Crippen molar-refractivity contribution < 1.29 is 13.2 Å². The third-order valence-corrected chi connectivity index (χ3v) is 6.93. The largest absolute Gasteiger partial charge is 0.339 e. The highest BCUT2D eigenvalue weighted by molar-refractivity contribution is 7.91. The molecular formula is C12H18ClN3O3S2. The van der Waals surface area contributed by atoms with Crippen LogP contribution in [0.4, 0.5) is 0 Å². The van der Waals surface area contributed by atoms with E-state index in [0.717, 1.165) is 28.7 Å². The van der Waals surface area contributed by atoms with Gasteiger partial charge in [0.1, 0.15) is 4.21 Å². The van der Waals surface area contributed by atoms with Crippen LogP contribution < -0.4 is 0 Å². The van der Waals surface area contributed by atoms with Crippen molar-refractivity contribution >= 4 is 38.9 Å². The molecule has 0 bridgehead atoms. The first kappa shape index (κ1) is 16.7. The minimum atomic E-state index is -3.65. The van der Waals surface area contributed by atoms with Gasteiger partial charge in [-0.2, -0.15) is 4.31 Å². The zero-order valence-corrected chi connectivity index (χ0v) is 14.3. The Hall–Kier alpha value is -0.670. The molecule has 1 aliphatic rings. The van der Waals surface area contributed by atoms with Crippen LogP contribution >= 0.6 is 22.9 Å². The average molecular weight is 352 g/mol. The first-order valence-corrected chi connectivity index (χ1v) is 9.12. The van der Waals surface area contributed by atoms with Gasteiger partial charge in [-0.25, -0.2) is 8.42 Å². The Balaban J connectivity index is 2.00. The molecule has 0 radical (unpaired) electrons. The van der Waals surface area contributed by atoms with E-state index in [9.17, 15) is 13.2 Å². The maximum absolute atomic E-state index is 12.3. The molecule has 0 aliphatic carbocycles. The van der Waals surface area contributed by atoms with Gasteiger partial charge in [-0.1, -0.05) is 11.6 Å². The molecule has 6 nitrogen and oxygen atoms in total. The van der Waals surface area contributed by atoms with Gasteiger partial charge in [0.25, 0.3) is 10.0 Å². The molecule has 21 heavy (non-hydrogen) atoms. The fourth-order valence-corrected chi connectivity index (χ4v) is 4.84. The standard InChI is InChI=1S/C12H18ClN3O3S2/c1-14-5-7-16(8-6-14)11(17)9-15(2)21(18,19)12-4-3-10(13)20-12/h3-4H,5-9H2,1-2H3. The number of carbonyl (C=O) groups is 1. The van der Waals surface area contributed by atoms with Crippen LogP contribution in [-0.4, -0.2) is 75.2 Å². The Bertz CT molecular complexity index is 609. The van der Waals surface area contributed by atoms with Gasteiger partial charge in [0.05, 0.1) is 10.9 Å². The maximum atomic E-state index is 12.3. The van der Waals surface area contributed by atoms with Gasteiger partial charge < -0.3 is 9.80 Å². The molecule has 0 spiro atoms. The van der Waals surface area contributed by atoms with Gasteiger partial charge in [-0.3, -0.25) is 4.79 Å². The molecule has 0 aromatic carbocycles. The van der Waals surface area contributed by atoms with E-state index in [0.29, 0.717) is 17.4 Å². The minimum absolute atomic E-state index is 0.151. The monoisotopic (exact) mass is 351 g/mol. The van der Waals surface area contributed by atoms with Crippen LogP contribution in [0.3, 0.4) is 0 Å². The lowest BCUT2D eigenvalue weighted by Crippen LogP contribution is -2.50. The Labute approximate surface area is 133 Å². The highest BCUT2D eigenvalue weighted by Crippen LogP contribution is 2.27. The highest BCUT2D eigenvalue weighted by atomic mass is 35.5. The predicted octanol–water partition coefficient (Wildman–Crippen LogP) is 0.796. The molecule has 1 aromatic rings. The number of carbonyl (C=O) groups excluding carboxylic acids is 1. The topological polar surface area (TPSA) is 60.9 Å². The fourth-order valence-electron chi connectivity index (χ4n) is 2.02. The number of likely N-dealkylation sites (N-methyl/N-ethyl adjacent to an activating group) is 2. The third-order valence-electron chi connectivity index (χ3n) is 3.43. The third kappa shape index (κ3) is 3.95. The number of amides is 1. The Morgan fingerprint density at radius 2 is 1.95 bits per heavy atom. The first-order chi connectivity index (χ1) is 9.80. The Morgan fingerprint density at radius 3 is 2.48 bits per heavy atom. The molecular weight excluding hydrogens is 334 g/mol. The molecule has 1 fully saturated rings. The zero-order chi connectivity index (χ0) is 15.6. The zero-order valence-electron chi connectivity index (χ0n) is 12.0. The second-order valence-corrected chi connectivity index (χ2v) is 8.99. The number of thiophene rings is 1. The van der Waals surface area contributed by atoms with E-state index in [-0.39, 0.29) is 16.7 Å². The molecule has 118 valence electrons. The van der Waals surface area contributed by atoms with Crippen molar-refractivity contribution in [2.24, 2.45) is 0 Å². The quantitative estimate of drug-likeness (QED) is 0.805. The van der Waals surface area contributed by atoms with Gasteiger partial charge in [0.15, 0.2) is 0 Å². The lowest BCUT2D eigenvalue weighted by Gasteiger charge is -2.33. The molecule has 2 rings (SSSR count). The summed E-state index contributed by atoms with van der Waals surface area (Å²) in [6, 6.07) is 2.99. The summed E-state index contributed by atoms with van der Waals surface area (Å²) in [6.07, 6.45) is 0. The number of hydrogen-bond acceptors (Lipinski definition) is 5. The Kier molecular flexibility index (Phi) is 5.26. The van der Waals surface area contributed by atoms with Crippen molar-refractivity contribution in [2.45, 2.75) is 4.21 Å². The van der Waals surface area contributed by atoms with Crippen LogP contribution in [0.5, 0.6) is 0 Å². The molecule has 0 saturated carbocycles. The summed E-state index contributed by atoms with van der Waals surface area (Å²) in [5, 5.41) is 0. The van der Waals surface area contributed by atoms with E-state index < -0.39 is 10.0 Å². The summed E-state index contributed by atoms with van der Waals surface area (Å²) in [6.45, 7) is 2.73. The second-order valence-electron chi connectivity index (χ2n) is 5.00. The fraction of sp³-hybridized carbons (Fsp3) is 0.583. The number of halogens is 1. The number of piperazine rings is 1. The highest BCUT2D eigenvalue weighted by Gasteiger charge is 2.27. The lowest BCUT2D eigenvalue weighted by atomic mass is 10.3. The molecule has 1 saturated heterocycles. The van der Waals surface area contributed by atoms with Crippen LogP contribution in [-0.2, 0) is 14.8 Å². The normalized spacial score (nSPS) is 17.4. The van der Waals surface area contributed by atoms with Crippen LogP contribution in [0.2, 0.25) is 4.34 Å². The number of sulfonamides is 1. The van der Waals surface area contributed by atoms with Crippen molar-refractivity contribution in [3.8, 4) is 0 Å². The SMILES string of the molecule is CN1CCN(C(=O)CN(C)S(=O)(=O)c2ccc(Cl)s2)CC1. The van der Waals surface area contributed by atoms with Crippen LogP contribution in [0.1, 0.15) is 0 Å². The van der Waals surface area contributed by atoms with Crippen LogP contribution in [0.15, 0.2) is 16.3 Å². The molecule has 2 heterocycles. The van der Waals surface area contributed by atoms with Gasteiger partial charge in [0.2, 0.25) is 5.91 Å².